The van der Waals surface area contributed by atoms with Crippen LogP contribution >= 0.6 is 0 Å². The van der Waals surface area contributed by atoms with Gasteiger partial charge in [-0.05, 0) is 24.1 Å². The molecular weight excluding hydrogens is 350 g/mol. The predicted octanol–water partition coefficient (Wildman–Crippen LogP) is 4.02. The van der Waals surface area contributed by atoms with Crippen molar-refractivity contribution in [3.63, 3.8) is 0 Å². The smallest absolute Gasteiger partial charge is 0.376 e. The van der Waals surface area contributed by atoms with Gasteiger partial charge in [0.2, 0.25) is 17.5 Å². The van der Waals surface area contributed by atoms with E-state index in [4.69, 9.17) is 9.47 Å². The number of hydrogen-bond donors (Lipinski definition) is 0. The number of carbonyl (C=O) groups is 1. The van der Waals surface area contributed by atoms with Gasteiger partial charge in [0.1, 0.15) is 0 Å². The van der Waals surface area contributed by atoms with Gasteiger partial charge in [0, 0.05) is 18.3 Å². The molecule has 3 aromatic rings. The monoisotopic (exact) mass is 365 g/mol. The molecule has 0 aliphatic heterocycles. The molecule has 0 saturated heterocycles. The van der Waals surface area contributed by atoms with Crippen LogP contribution < -0.4 is 4.74 Å². The van der Waals surface area contributed by atoms with Crippen molar-refractivity contribution < 1.29 is 19.2 Å². The lowest BCUT2D eigenvalue weighted by molar-refractivity contribution is -0.385. The van der Waals surface area contributed by atoms with E-state index in [2.05, 4.69) is 9.97 Å². The van der Waals surface area contributed by atoms with Crippen molar-refractivity contribution in [1.29, 1.82) is 0 Å². The van der Waals surface area contributed by atoms with Gasteiger partial charge in [0.25, 0.3) is 0 Å². The summed E-state index contributed by atoms with van der Waals surface area (Å²) >= 11 is 0. The summed E-state index contributed by atoms with van der Waals surface area (Å²) in [7, 11) is 0. The molecule has 0 N–H and O–H groups in total. The van der Waals surface area contributed by atoms with Gasteiger partial charge in [0.15, 0.2) is 0 Å². The van der Waals surface area contributed by atoms with Crippen molar-refractivity contribution in [2.45, 2.75) is 6.92 Å². The minimum atomic E-state index is -0.697. The van der Waals surface area contributed by atoms with Crippen LogP contribution in [0.5, 0.6) is 11.6 Å². The minimum absolute atomic E-state index is 0.00335. The zero-order chi connectivity index (χ0) is 19.2. The van der Waals surface area contributed by atoms with Crippen molar-refractivity contribution in [3.8, 4) is 22.8 Å². The first-order valence-electron chi connectivity index (χ1n) is 8.10. The Morgan fingerprint density at radius 3 is 2.59 bits per heavy atom. The average Bonchev–Trinajstić information content (AvgIpc) is 2.69. The van der Waals surface area contributed by atoms with E-state index in [1.807, 2.05) is 30.3 Å². The van der Waals surface area contributed by atoms with Gasteiger partial charge in [-0.15, -0.1) is 0 Å². The van der Waals surface area contributed by atoms with Crippen LogP contribution in [0.25, 0.3) is 11.1 Å². The van der Waals surface area contributed by atoms with Crippen LogP contribution in [-0.4, -0.2) is 27.5 Å². The first-order chi connectivity index (χ1) is 13.1. The van der Waals surface area contributed by atoms with Gasteiger partial charge in [-0.3, -0.25) is 10.1 Å². The van der Waals surface area contributed by atoms with Crippen LogP contribution in [0.1, 0.15) is 17.5 Å². The molecule has 2 aromatic carbocycles. The first-order valence-corrected chi connectivity index (χ1v) is 8.10. The quantitative estimate of drug-likeness (QED) is 0.369. The van der Waals surface area contributed by atoms with Crippen LogP contribution in [0.2, 0.25) is 0 Å². The molecule has 0 aliphatic carbocycles. The molecule has 1 heterocycles. The number of carbonyl (C=O) groups excluding carboxylic acids is 1. The largest absolute Gasteiger partial charge is 0.460 e. The highest BCUT2D eigenvalue weighted by molar-refractivity contribution is 5.85. The molecule has 136 valence electrons. The lowest BCUT2D eigenvalue weighted by Gasteiger charge is -2.08. The number of nitro groups is 1. The van der Waals surface area contributed by atoms with E-state index < -0.39 is 10.9 Å². The standard InChI is InChI=1S/C19H15N3O5/c1-2-26-19(23)18-20-11-10-17(21-18)27-16-9-8-14(12-15(16)22(24)25)13-6-4-3-5-7-13/h3-12H,2H2,1H3. The van der Waals surface area contributed by atoms with Crippen LogP contribution in [0.3, 0.4) is 0 Å². The van der Waals surface area contributed by atoms with E-state index in [0.29, 0.717) is 5.56 Å². The fourth-order valence-electron chi connectivity index (χ4n) is 2.36. The summed E-state index contributed by atoms with van der Waals surface area (Å²) in [5, 5.41) is 11.5. The lowest BCUT2D eigenvalue weighted by Crippen LogP contribution is -2.09. The van der Waals surface area contributed by atoms with Crippen molar-refractivity contribution in [3.05, 3.63) is 76.7 Å². The Morgan fingerprint density at radius 2 is 1.89 bits per heavy atom. The zero-order valence-electron chi connectivity index (χ0n) is 14.4. The zero-order valence-corrected chi connectivity index (χ0v) is 14.4. The van der Waals surface area contributed by atoms with E-state index in [1.165, 1.54) is 24.4 Å². The molecule has 8 nitrogen and oxygen atoms in total. The van der Waals surface area contributed by atoms with E-state index in [1.54, 1.807) is 13.0 Å². The second-order valence-corrected chi connectivity index (χ2v) is 5.35. The topological polar surface area (TPSA) is 104 Å². The molecule has 0 amide bonds. The van der Waals surface area contributed by atoms with Gasteiger partial charge in [-0.1, -0.05) is 36.4 Å². The molecule has 27 heavy (non-hydrogen) atoms. The van der Waals surface area contributed by atoms with Gasteiger partial charge >= 0.3 is 11.7 Å². The lowest BCUT2D eigenvalue weighted by atomic mass is 10.0. The van der Waals surface area contributed by atoms with E-state index in [-0.39, 0.29) is 29.7 Å². The molecule has 0 fully saturated rings. The molecule has 8 heteroatoms. The molecular formula is C19H15N3O5. The Bertz CT molecular complexity index is 976. The van der Waals surface area contributed by atoms with Crippen LogP contribution in [-0.2, 0) is 4.74 Å². The van der Waals surface area contributed by atoms with Crippen molar-refractivity contribution in [2.75, 3.05) is 6.61 Å². The highest BCUT2D eigenvalue weighted by atomic mass is 16.6. The number of rotatable bonds is 6. The summed E-state index contributed by atoms with van der Waals surface area (Å²) in [5.74, 6) is -0.869. The second kappa shape index (κ2) is 8.05. The Morgan fingerprint density at radius 1 is 1.11 bits per heavy atom. The number of ether oxygens (including phenoxy) is 2. The summed E-state index contributed by atoms with van der Waals surface area (Å²) in [6, 6.07) is 15.3. The fraction of sp³-hybridized carbons (Fsp3) is 0.105. The fourth-order valence-corrected chi connectivity index (χ4v) is 2.36. The highest BCUT2D eigenvalue weighted by Crippen LogP contribution is 2.34. The molecule has 0 unspecified atom stereocenters. The number of esters is 1. The van der Waals surface area contributed by atoms with Gasteiger partial charge in [-0.25, -0.2) is 9.78 Å². The molecule has 0 bridgehead atoms. The van der Waals surface area contributed by atoms with Crippen molar-refractivity contribution in [2.24, 2.45) is 0 Å². The Balaban J connectivity index is 1.92. The average molecular weight is 365 g/mol. The SMILES string of the molecule is CCOC(=O)c1nccc(Oc2ccc(-c3ccccc3)cc2[N+](=O)[O-])n1. The van der Waals surface area contributed by atoms with Gasteiger partial charge < -0.3 is 9.47 Å². The van der Waals surface area contributed by atoms with Gasteiger partial charge in [-0.2, -0.15) is 4.98 Å². The number of benzene rings is 2. The Labute approximate surface area is 154 Å². The molecule has 3 rings (SSSR count). The number of nitrogens with zero attached hydrogens (tertiary/aromatic N) is 3. The molecule has 0 atom stereocenters. The van der Waals surface area contributed by atoms with Crippen LogP contribution in [0.4, 0.5) is 5.69 Å². The minimum Gasteiger partial charge on any atom is -0.460 e. The maximum absolute atomic E-state index is 11.7. The normalized spacial score (nSPS) is 10.3. The number of nitro benzene ring substituents is 1. The molecule has 1 aromatic heterocycles. The van der Waals surface area contributed by atoms with Crippen LogP contribution in [0.15, 0.2) is 60.8 Å². The Hall–Kier alpha value is -3.81. The third kappa shape index (κ3) is 4.24. The van der Waals surface area contributed by atoms with E-state index in [0.717, 1.165) is 5.56 Å². The van der Waals surface area contributed by atoms with Crippen molar-refractivity contribution in [1.82, 2.24) is 9.97 Å². The Kier molecular flexibility index (Phi) is 5.36. The molecule has 0 spiro atoms. The highest BCUT2D eigenvalue weighted by Gasteiger charge is 2.19. The summed E-state index contributed by atoms with van der Waals surface area (Å²) in [4.78, 5) is 30.4. The number of hydrogen-bond acceptors (Lipinski definition) is 7. The van der Waals surface area contributed by atoms with E-state index in [9.17, 15) is 14.9 Å². The maximum atomic E-state index is 11.7. The molecule has 0 aliphatic rings. The molecule has 0 radical (unpaired) electrons. The summed E-state index contributed by atoms with van der Waals surface area (Å²) in [5.41, 5.74) is 1.32. The summed E-state index contributed by atoms with van der Waals surface area (Å²) < 4.78 is 10.4. The van der Waals surface area contributed by atoms with E-state index >= 15 is 0 Å². The number of aromatic nitrogens is 2. The maximum Gasteiger partial charge on any atom is 0.376 e. The van der Waals surface area contributed by atoms with Crippen LogP contribution in [0, 0.1) is 10.1 Å². The predicted molar refractivity (Wildman–Crippen MR) is 96.6 cm³/mol. The third-order valence-electron chi connectivity index (χ3n) is 3.57. The van der Waals surface area contributed by atoms with Crippen molar-refractivity contribution >= 4 is 11.7 Å². The first kappa shape index (κ1) is 18.0. The van der Waals surface area contributed by atoms with Gasteiger partial charge in [0.05, 0.1) is 11.5 Å². The summed E-state index contributed by atoms with van der Waals surface area (Å²) in [6.07, 6.45) is 1.32. The second-order valence-electron chi connectivity index (χ2n) is 5.35. The summed E-state index contributed by atoms with van der Waals surface area (Å²) in [6.45, 7) is 1.84. The third-order valence-corrected chi connectivity index (χ3v) is 3.57. The molecule has 0 saturated carbocycles.